The molecule has 1 aliphatic heterocycles. The number of hydrogen-bond acceptors (Lipinski definition) is 4. The van der Waals surface area contributed by atoms with Crippen LogP contribution in [0.5, 0.6) is 0 Å². The number of benzene rings is 1. The van der Waals surface area contributed by atoms with Gasteiger partial charge in [-0.2, -0.15) is 0 Å². The molecule has 0 unspecified atom stereocenters. The summed E-state index contributed by atoms with van der Waals surface area (Å²) >= 11 is 0. The van der Waals surface area contributed by atoms with Gasteiger partial charge in [-0.3, -0.25) is 10.1 Å². The van der Waals surface area contributed by atoms with Crippen LogP contribution in [0.3, 0.4) is 0 Å². The van der Waals surface area contributed by atoms with Crippen LogP contribution in [0.15, 0.2) is 24.3 Å². The number of amides is 2. The van der Waals surface area contributed by atoms with Gasteiger partial charge in [0.1, 0.15) is 5.60 Å². The molecule has 0 spiro atoms. The van der Waals surface area contributed by atoms with Crippen LogP contribution in [0, 0.1) is 0 Å². The van der Waals surface area contributed by atoms with E-state index in [2.05, 4.69) is 5.32 Å². The minimum Gasteiger partial charge on any atom is -0.444 e. The number of nitrogens with zero attached hydrogens (tertiary/aromatic N) is 1. The fourth-order valence-electron chi connectivity index (χ4n) is 2.72. The van der Waals surface area contributed by atoms with Gasteiger partial charge in [-0.05, 0) is 57.9 Å². The zero-order valence-electron chi connectivity index (χ0n) is 14.8. The molecule has 0 bridgehead atoms. The van der Waals surface area contributed by atoms with Gasteiger partial charge < -0.3 is 14.4 Å². The van der Waals surface area contributed by atoms with E-state index in [0.717, 1.165) is 18.5 Å². The third kappa shape index (κ3) is 5.23. The Morgan fingerprint density at radius 1 is 1.17 bits per heavy atom. The van der Waals surface area contributed by atoms with Gasteiger partial charge >= 0.3 is 6.09 Å². The molecule has 1 saturated heterocycles. The van der Waals surface area contributed by atoms with E-state index in [9.17, 15) is 9.59 Å². The summed E-state index contributed by atoms with van der Waals surface area (Å²) in [5.74, 6) is 0.00903. The third-order valence-electron chi connectivity index (χ3n) is 3.69. The Labute approximate surface area is 143 Å². The standard InChI is InChI=1S/C18H26N2O4/c1-13(21)20(16-9-11-23-12-10-16)15-7-5-14(6-8-15)19-17(22)24-18(2,3)4/h5-8,16H,9-12H2,1-4H3,(H,19,22). The second kappa shape index (κ2) is 7.66. The van der Waals surface area contributed by atoms with Crippen molar-refractivity contribution in [2.45, 2.75) is 52.2 Å². The highest BCUT2D eigenvalue weighted by atomic mass is 16.6. The molecule has 0 aliphatic carbocycles. The zero-order chi connectivity index (χ0) is 17.7. The average Bonchev–Trinajstić information content (AvgIpc) is 2.48. The molecule has 1 N–H and O–H groups in total. The molecule has 1 aliphatic rings. The summed E-state index contributed by atoms with van der Waals surface area (Å²) in [4.78, 5) is 25.7. The van der Waals surface area contributed by atoms with Crippen molar-refractivity contribution >= 4 is 23.4 Å². The van der Waals surface area contributed by atoms with E-state index in [1.165, 1.54) is 0 Å². The number of nitrogens with one attached hydrogen (secondary N) is 1. The van der Waals surface area contributed by atoms with Gasteiger partial charge in [0.25, 0.3) is 0 Å². The topological polar surface area (TPSA) is 67.9 Å². The van der Waals surface area contributed by atoms with Crippen molar-refractivity contribution in [3.05, 3.63) is 24.3 Å². The van der Waals surface area contributed by atoms with Crippen LogP contribution in [0.1, 0.15) is 40.5 Å². The maximum Gasteiger partial charge on any atom is 0.412 e. The maximum atomic E-state index is 12.1. The second-order valence-electron chi connectivity index (χ2n) is 6.91. The molecule has 0 radical (unpaired) electrons. The quantitative estimate of drug-likeness (QED) is 0.917. The molecule has 132 valence electrons. The van der Waals surface area contributed by atoms with Gasteiger partial charge in [0, 0.05) is 37.6 Å². The van der Waals surface area contributed by atoms with Gasteiger partial charge in [0.15, 0.2) is 0 Å². The Hall–Kier alpha value is -2.08. The summed E-state index contributed by atoms with van der Waals surface area (Å²) in [6, 6.07) is 7.37. The Bertz CT molecular complexity index is 572. The van der Waals surface area contributed by atoms with Crippen molar-refractivity contribution in [1.82, 2.24) is 0 Å². The van der Waals surface area contributed by atoms with Gasteiger partial charge in [0.05, 0.1) is 0 Å². The SMILES string of the molecule is CC(=O)N(c1ccc(NC(=O)OC(C)(C)C)cc1)C1CCOCC1. The largest absolute Gasteiger partial charge is 0.444 e. The predicted molar refractivity (Wildman–Crippen MR) is 93.3 cm³/mol. The molecule has 2 rings (SSSR count). The Kier molecular flexibility index (Phi) is 5.83. The first-order valence-corrected chi connectivity index (χ1v) is 8.24. The van der Waals surface area contributed by atoms with E-state index < -0.39 is 11.7 Å². The molecule has 0 saturated carbocycles. The van der Waals surface area contributed by atoms with Gasteiger partial charge in [0.2, 0.25) is 5.91 Å². The van der Waals surface area contributed by atoms with Crippen molar-refractivity contribution in [1.29, 1.82) is 0 Å². The predicted octanol–water partition coefficient (Wildman–Crippen LogP) is 3.57. The molecule has 0 aromatic heterocycles. The summed E-state index contributed by atoms with van der Waals surface area (Å²) in [6.45, 7) is 8.36. The lowest BCUT2D eigenvalue weighted by molar-refractivity contribution is -0.117. The van der Waals surface area contributed by atoms with Crippen LogP contribution in [-0.2, 0) is 14.3 Å². The maximum absolute atomic E-state index is 12.1. The minimum atomic E-state index is -0.543. The Morgan fingerprint density at radius 3 is 2.25 bits per heavy atom. The molecule has 0 atom stereocenters. The van der Waals surface area contributed by atoms with E-state index in [1.54, 1.807) is 24.0 Å². The fraction of sp³-hybridized carbons (Fsp3) is 0.556. The summed E-state index contributed by atoms with van der Waals surface area (Å²) < 4.78 is 10.6. The third-order valence-corrected chi connectivity index (χ3v) is 3.69. The summed E-state index contributed by atoms with van der Waals surface area (Å²) in [6.07, 6.45) is 1.16. The monoisotopic (exact) mass is 334 g/mol. The molecule has 1 aromatic carbocycles. The van der Waals surface area contributed by atoms with E-state index in [0.29, 0.717) is 18.9 Å². The normalized spacial score (nSPS) is 15.7. The number of anilines is 2. The van der Waals surface area contributed by atoms with Crippen LogP contribution in [-0.4, -0.2) is 36.9 Å². The van der Waals surface area contributed by atoms with Crippen molar-refractivity contribution in [2.24, 2.45) is 0 Å². The molecule has 24 heavy (non-hydrogen) atoms. The van der Waals surface area contributed by atoms with Crippen molar-refractivity contribution in [2.75, 3.05) is 23.4 Å². The van der Waals surface area contributed by atoms with Gasteiger partial charge in [-0.1, -0.05) is 0 Å². The lowest BCUT2D eigenvalue weighted by Crippen LogP contribution is -2.42. The van der Waals surface area contributed by atoms with Crippen LogP contribution in [0.25, 0.3) is 0 Å². The van der Waals surface area contributed by atoms with Crippen molar-refractivity contribution in [3.63, 3.8) is 0 Å². The molecule has 2 amide bonds. The lowest BCUT2D eigenvalue weighted by Gasteiger charge is -2.33. The number of rotatable bonds is 3. The van der Waals surface area contributed by atoms with Gasteiger partial charge in [-0.25, -0.2) is 4.79 Å². The van der Waals surface area contributed by atoms with E-state index in [-0.39, 0.29) is 11.9 Å². The van der Waals surface area contributed by atoms with Crippen LogP contribution in [0.4, 0.5) is 16.2 Å². The first-order chi connectivity index (χ1) is 11.3. The van der Waals surface area contributed by atoms with E-state index in [4.69, 9.17) is 9.47 Å². The highest BCUT2D eigenvalue weighted by Crippen LogP contribution is 2.25. The summed E-state index contributed by atoms with van der Waals surface area (Å²) in [5.41, 5.74) is 0.908. The smallest absolute Gasteiger partial charge is 0.412 e. The summed E-state index contributed by atoms with van der Waals surface area (Å²) in [7, 11) is 0. The molecular weight excluding hydrogens is 308 g/mol. The van der Waals surface area contributed by atoms with Crippen LogP contribution in [0.2, 0.25) is 0 Å². The average molecular weight is 334 g/mol. The van der Waals surface area contributed by atoms with E-state index >= 15 is 0 Å². The Morgan fingerprint density at radius 2 is 1.75 bits per heavy atom. The first kappa shape index (κ1) is 18.3. The fourth-order valence-corrected chi connectivity index (χ4v) is 2.72. The number of carbonyl (C=O) groups excluding carboxylic acids is 2. The highest BCUT2D eigenvalue weighted by Gasteiger charge is 2.25. The van der Waals surface area contributed by atoms with Gasteiger partial charge in [-0.15, -0.1) is 0 Å². The van der Waals surface area contributed by atoms with Crippen molar-refractivity contribution in [3.8, 4) is 0 Å². The number of carbonyl (C=O) groups is 2. The number of ether oxygens (including phenoxy) is 2. The molecule has 6 nitrogen and oxygen atoms in total. The minimum absolute atomic E-state index is 0.00903. The van der Waals surface area contributed by atoms with Crippen LogP contribution >= 0.6 is 0 Å². The molecule has 1 heterocycles. The second-order valence-corrected chi connectivity index (χ2v) is 6.91. The van der Waals surface area contributed by atoms with Crippen molar-refractivity contribution < 1.29 is 19.1 Å². The summed E-state index contributed by atoms with van der Waals surface area (Å²) in [5, 5.41) is 2.69. The van der Waals surface area contributed by atoms with Crippen LogP contribution < -0.4 is 10.2 Å². The molecule has 1 aromatic rings. The highest BCUT2D eigenvalue weighted by molar-refractivity contribution is 5.92. The molecular formula is C18H26N2O4. The molecule has 1 fully saturated rings. The lowest BCUT2D eigenvalue weighted by atomic mass is 10.1. The Balaban J connectivity index is 2.06. The number of hydrogen-bond donors (Lipinski definition) is 1. The zero-order valence-corrected chi connectivity index (χ0v) is 14.8. The molecule has 6 heteroatoms. The first-order valence-electron chi connectivity index (χ1n) is 8.24. The van der Waals surface area contributed by atoms with E-state index in [1.807, 2.05) is 32.9 Å².